The number of nitrogens with zero attached hydrogens (tertiary/aromatic N) is 1. The van der Waals surface area contributed by atoms with E-state index in [-0.39, 0.29) is 17.0 Å². The van der Waals surface area contributed by atoms with Gasteiger partial charge < -0.3 is 14.6 Å². The molecule has 1 heterocycles. The Morgan fingerprint density at radius 3 is 2.41 bits per heavy atom. The molecular formula is C20H21F3N2O4. The SMILES string of the molecule is Cc1cccc(C(=O)NCC(=O)OCC(=O)c2cc(C)n(CC(F)(F)F)c2C)c1. The minimum Gasteiger partial charge on any atom is -0.456 e. The third kappa shape index (κ3) is 6.20. The maximum absolute atomic E-state index is 12.7. The van der Waals surface area contributed by atoms with Gasteiger partial charge in [-0.15, -0.1) is 0 Å². The average molecular weight is 410 g/mol. The van der Waals surface area contributed by atoms with Crippen molar-refractivity contribution >= 4 is 17.7 Å². The molecule has 1 aromatic carbocycles. The van der Waals surface area contributed by atoms with Crippen LogP contribution in [0.15, 0.2) is 30.3 Å². The molecule has 0 aliphatic heterocycles. The number of benzene rings is 1. The third-order valence-corrected chi connectivity index (χ3v) is 4.25. The van der Waals surface area contributed by atoms with Crippen LogP contribution in [0.1, 0.15) is 37.7 Å². The first-order chi connectivity index (χ1) is 13.5. The van der Waals surface area contributed by atoms with Gasteiger partial charge in [0, 0.05) is 22.5 Å². The molecule has 6 nitrogen and oxygen atoms in total. The van der Waals surface area contributed by atoms with Crippen molar-refractivity contribution in [1.82, 2.24) is 9.88 Å². The maximum Gasteiger partial charge on any atom is 0.406 e. The standard InChI is InChI=1S/C20H21F3N2O4/c1-12-5-4-6-15(7-12)19(28)24-9-18(27)29-10-17(26)16-8-13(2)25(14(16)3)11-20(21,22)23/h4-8H,9-11H2,1-3H3,(H,24,28). The molecule has 0 atom stereocenters. The summed E-state index contributed by atoms with van der Waals surface area (Å²) >= 11 is 0. The van der Waals surface area contributed by atoms with E-state index in [1.807, 2.05) is 13.0 Å². The lowest BCUT2D eigenvalue weighted by Gasteiger charge is -2.12. The highest BCUT2D eigenvalue weighted by Crippen LogP contribution is 2.23. The average Bonchev–Trinajstić information content (AvgIpc) is 2.91. The van der Waals surface area contributed by atoms with Crippen molar-refractivity contribution in [2.75, 3.05) is 13.2 Å². The second kappa shape index (κ2) is 8.93. The molecule has 9 heteroatoms. The smallest absolute Gasteiger partial charge is 0.406 e. The lowest BCUT2D eigenvalue weighted by molar-refractivity contribution is -0.141. The molecule has 2 aromatic rings. The van der Waals surface area contributed by atoms with Crippen LogP contribution in [0.3, 0.4) is 0 Å². The van der Waals surface area contributed by atoms with Crippen LogP contribution >= 0.6 is 0 Å². The van der Waals surface area contributed by atoms with Crippen molar-refractivity contribution in [3.8, 4) is 0 Å². The highest BCUT2D eigenvalue weighted by molar-refractivity contribution is 6.00. The largest absolute Gasteiger partial charge is 0.456 e. The van der Waals surface area contributed by atoms with Crippen LogP contribution in [0, 0.1) is 20.8 Å². The fourth-order valence-electron chi connectivity index (χ4n) is 2.82. The minimum atomic E-state index is -4.42. The summed E-state index contributed by atoms with van der Waals surface area (Å²) in [5.74, 6) is -1.92. The predicted octanol–water partition coefficient (Wildman–Crippen LogP) is 3.13. The van der Waals surface area contributed by atoms with Crippen molar-refractivity contribution < 1.29 is 32.3 Å². The number of esters is 1. The van der Waals surface area contributed by atoms with Gasteiger partial charge in [-0.2, -0.15) is 13.2 Å². The van der Waals surface area contributed by atoms with Crippen LogP contribution < -0.4 is 5.32 Å². The van der Waals surface area contributed by atoms with Gasteiger partial charge in [-0.1, -0.05) is 17.7 Å². The molecule has 0 fully saturated rings. The van der Waals surface area contributed by atoms with Gasteiger partial charge in [-0.05, 0) is 39.0 Å². The number of alkyl halides is 3. The van der Waals surface area contributed by atoms with Crippen molar-refractivity contribution in [1.29, 1.82) is 0 Å². The van der Waals surface area contributed by atoms with E-state index in [1.165, 1.54) is 19.9 Å². The zero-order chi connectivity index (χ0) is 21.8. The number of ether oxygens (including phenoxy) is 1. The maximum atomic E-state index is 12.7. The van der Waals surface area contributed by atoms with Gasteiger partial charge in [0.25, 0.3) is 5.91 Å². The van der Waals surface area contributed by atoms with E-state index in [2.05, 4.69) is 5.32 Å². The Morgan fingerprint density at radius 1 is 1.10 bits per heavy atom. The number of Topliss-reactive ketones (excluding diaryl/α,β-unsaturated/α-hetero) is 1. The van der Waals surface area contributed by atoms with Crippen molar-refractivity contribution in [2.24, 2.45) is 0 Å². The first-order valence-corrected chi connectivity index (χ1v) is 8.75. The fraction of sp³-hybridized carbons (Fsp3) is 0.350. The summed E-state index contributed by atoms with van der Waals surface area (Å²) in [4.78, 5) is 36.0. The van der Waals surface area contributed by atoms with E-state index in [0.29, 0.717) is 5.56 Å². The second-order valence-corrected chi connectivity index (χ2v) is 6.62. The Bertz CT molecular complexity index is 932. The summed E-state index contributed by atoms with van der Waals surface area (Å²) in [6, 6.07) is 8.10. The van der Waals surface area contributed by atoms with Crippen LogP contribution in [0.25, 0.3) is 0 Å². The summed E-state index contributed by atoms with van der Waals surface area (Å²) in [6.07, 6.45) is -4.42. The molecule has 1 aromatic heterocycles. The number of rotatable bonds is 7. The number of hydrogen-bond donors (Lipinski definition) is 1. The molecule has 0 saturated heterocycles. The van der Waals surface area contributed by atoms with Gasteiger partial charge in [0.15, 0.2) is 6.61 Å². The monoisotopic (exact) mass is 410 g/mol. The number of carbonyl (C=O) groups excluding carboxylic acids is 3. The summed E-state index contributed by atoms with van der Waals surface area (Å²) < 4.78 is 43.8. The Morgan fingerprint density at radius 2 is 1.79 bits per heavy atom. The summed E-state index contributed by atoms with van der Waals surface area (Å²) in [5, 5.41) is 2.39. The number of halogens is 3. The lowest BCUT2D eigenvalue weighted by Crippen LogP contribution is -2.31. The first-order valence-electron chi connectivity index (χ1n) is 8.75. The van der Waals surface area contributed by atoms with Crippen LogP contribution in [0.5, 0.6) is 0 Å². The Labute approximate surface area is 165 Å². The minimum absolute atomic E-state index is 0.0587. The van der Waals surface area contributed by atoms with E-state index in [1.54, 1.807) is 18.2 Å². The van der Waals surface area contributed by atoms with E-state index in [4.69, 9.17) is 4.74 Å². The lowest BCUT2D eigenvalue weighted by atomic mass is 10.1. The van der Waals surface area contributed by atoms with Crippen LogP contribution in [-0.4, -0.2) is 41.6 Å². The van der Waals surface area contributed by atoms with Crippen LogP contribution in [-0.2, 0) is 16.1 Å². The molecule has 2 rings (SSSR count). The quantitative estimate of drug-likeness (QED) is 0.562. The van der Waals surface area contributed by atoms with Crippen LogP contribution in [0.4, 0.5) is 13.2 Å². The molecule has 0 bridgehead atoms. The highest BCUT2D eigenvalue weighted by atomic mass is 19.4. The summed E-state index contributed by atoms with van der Waals surface area (Å²) in [5.41, 5.74) is 1.75. The van der Waals surface area contributed by atoms with E-state index in [9.17, 15) is 27.6 Å². The topological polar surface area (TPSA) is 77.4 Å². The van der Waals surface area contributed by atoms with Gasteiger partial charge in [0.2, 0.25) is 5.78 Å². The van der Waals surface area contributed by atoms with Crippen LogP contribution in [0.2, 0.25) is 0 Å². The highest BCUT2D eigenvalue weighted by Gasteiger charge is 2.30. The van der Waals surface area contributed by atoms with E-state index < -0.39 is 43.5 Å². The number of nitrogens with one attached hydrogen (secondary N) is 1. The molecule has 0 saturated carbocycles. The predicted molar refractivity (Wildman–Crippen MR) is 98.8 cm³/mol. The molecule has 1 N–H and O–H groups in total. The molecule has 0 aliphatic rings. The zero-order valence-corrected chi connectivity index (χ0v) is 16.2. The van der Waals surface area contributed by atoms with Gasteiger partial charge in [-0.25, -0.2) is 0 Å². The molecule has 29 heavy (non-hydrogen) atoms. The second-order valence-electron chi connectivity index (χ2n) is 6.62. The number of hydrogen-bond acceptors (Lipinski definition) is 4. The fourth-order valence-corrected chi connectivity index (χ4v) is 2.82. The first kappa shape index (κ1) is 22.2. The van der Waals surface area contributed by atoms with Gasteiger partial charge in [-0.3, -0.25) is 14.4 Å². The number of aromatic nitrogens is 1. The van der Waals surface area contributed by atoms with Gasteiger partial charge >= 0.3 is 12.1 Å². The Hall–Kier alpha value is -3.10. The molecule has 0 radical (unpaired) electrons. The number of ketones is 1. The molecule has 0 unspecified atom stereocenters. The molecule has 0 aliphatic carbocycles. The van der Waals surface area contributed by atoms with Crippen molar-refractivity contribution in [3.63, 3.8) is 0 Å². The number of carbonyl (C=O) groups is 3. The van der Waals surface area contributed by atoms with Gasteiger partial charge in [0.05, 0.1) is 0 Å². The van der Waals surface area contributed by atoms with Gasteiger partial charge in [0.1, 0.15) is 13.1 Å². The third-order valence-electron chi connectivity index (χ3n) is 4.25. The van der Waals surface area contributed by atoms with Crippen molar-refractivity contribution in [3.05, 3.63) is 58.4 Å². The van der Waals surface area contributed by atoms with Crippen molar-refractivity contribution in [2.45, 2.75) is 33.5 Å². The molecule has 0 spiro atoms. The van der Waals surface area contributed by atoms with E-state index in [0.717, 1.165) is 10.1 Å². The molecule has 1 amide bonds. The Balaban J connectivity index is 1.90. The summed E-state index contributed by atoms with van der Waals surface area (Å²) in [6.45, 7) is 2.41. The number of aryl methyl sites for hydroxylation is 2. The molecule has 156 valence electrons. The normalized spacial score (nSPS) is 11.2. The molecular weight excluding hydrogens is 389 g/mol. The summed E-state index contributed by atoms with van der Waals surface area (Å²) in [7, 11) is 0. The van der Waals surface area contributed by atoms with E-state index >= 15 is 0 Å². The zero-order valence-electron chi connectivity index (χ0n) is 16.2. The Kier molecular flexibility index (Phi) is 6.84. The number of amides is 1.